The molecular formula is C24H39NO. The molecule has 0 radical (unpaired) electrons. The summed E-state index contributed by atoms with van der Waals surface area (Å²) in [7, 11) is 0. The molecule has 3 rings (SSSR count). The van der Waals surface area contributed by atoms with Crippen LogP contribution in [0.2, 0.25) is 0 Å². The van der Waals surface area contributed by atoms with Crippen LogP contribution in [0.1, 0.15) is 90.2 Å². The number of hydrogen-bond donors (Lipinski definition) is 0. The third-order valence-electron chi connectivity index (χ3n) is 7.11. The monoisotopic (exact) mass is 357 g/mol. The lowest BCUT2D eigenvalue weighted by Crippen LogP contribution is -2.25. The first-order valence-corrected chi connectivity index (χ1v) is 11.4. The van der Waals surface area contributed by atoms with Crippen LogP contribution >= 0.6 is 0 Å². The van der Waals surface area contributed by atoms with Gasteiger partial charge in [0.05, 0.1) is 12.8 Å². The van der Waals surface area contributed by atoms with Gasteiger partial charge in [-0.1, -0.05) is 46.0 Å². The summed E-state index contributed by atoms with van der Waals surface area (Å²) in [5.74, 6) is 4.96. The van der Waals surface area contributed by atoms with E-state index in [1.54, 1.807) is 0 Å². The van der Waals surface area contributed by atoms with E-state index in [-0.39, 0.29) is 0 Å². The molecule has 146 valence electrons. The molecule has 0 atom stereocenters. The van der Waals surface area contributed by atoms with Gasteiger partial charge < -0.3 is 4.74 Å². The molecule has 0 spiro atoms. The zero-order valence-corrected chi connectivity index (χ0v) is 17.1. The van der Waals surface area contributed by atoms with Crippen molar-refractivity contribution in [2.45, 2.75) is 90.9 Å². The van der Waals surface area contributed by atoms with Crippen LogP contribution in [0, 0.1) is 23.7 Å². The molecule has 1 aromatic rings. The number of rotatable bonds is 8. The third kappa shape index (κ3) is 5.72. The quantitative estimate of drug-likeness (QED) is 0.509. The van der Waals surface area contributed by atoms with Gasteiger partial charge in [0.2, 0.25) is 0 Å². The smallest absolute Gasteiger partial charge is 0.137 e. The van der Waals surface area contributed by atoms with Gasteiger partial charge in [-0.15, -0.1) is 0 Å². The number of pyridine rings is 1. The number of ether oxygens (including phenoxy) is 1. The van der Waals surface area contributed by atoms with E-state index < -0.39 is 0 Å². The molecule has 0 aromatic carbocycles. The van der Waals surface area contributed by atoms with Crippen molar-refractivity contribution in [1.82, 2.24) is 4.98 Å². The van der Waals surface area contributed by atoms with Crippen molar-refractivity contribution >= 4 is 0 Å². The first-order chi connectivity index (χ1) is 12.8. The molecule has 0 bridgehead atoms. The maximum Gasteiger partial charge on any atom is 0.137 e. The second-order valence-electron chi connectivity index (χ2n) is 8.84. The Bertz CT molecular complexity index is 495. The summed E-state index contributed by atoms with van der Waals surface area (Å²) in [5.41, 5.74) is 1.23. The summed E-state index contributed by atoms with van der Waals surface area (Å²) in [4.78, 5) is 4.59. The van der Waals surface area contributed by atoms with Gasteiger partial charge in [0, 0.05) is 5.69 Å². The van der Waals surface area contributed by atoms with Crippen molar-refractivity contribution in [2.75, 3.05) is 6.61 Å². The van der Waals surface area contributed by atoms with E-state index in [9.17, 15) is 0 Å². The molecule has 1 aromatic heterocycles. The van der Waals surface area contributed by atoms with Gasteiger partial charge in [-0.05, 0) is 80.8 Å². The Hall–Kier alpha value is -1.05. The van der Waals surface area contributed by atoms with E-state index >= 15 is 0 Å². The highest BCUT2D eigenvalue weighted by molar-refractivity contribution is 5.19. The average molecular weight is 358 g/mol. The second-order valence-corrected chi connectivity index (χ2v) is 8.84. The molecular weight excluding hydrogens is 318 g/mol. The maximum absolute atomic E-state index is 5.63. The Morgan fingerprint density at radius 2 is 1.54 bits per heavy atom. The van der Waals surface area contributed by atoms with Crippen molar-refractivity contribution in [1.29, 1.82) is 0 Å². The highest BCUT2D eigenvalue weighted by atomic mass is 16.5. The van der Waals surface area contributed by atoms with Crippen molar-refractivity contribution in [3.63, 3.8) is 0 Å². The van der Waals surface area contributed by atoms with Gasteiger partial charge in [0.25, 0.3) is 0 Å². The minimum absolute atomic E-state index is 0.782. The SMILES string of the molecule is CCCOc1ccc(CC[C@H]2CC[C@H]([C@H]3CC[C@H](CC)CC3)CC2)nc1. The van der Waals surface area contributed by atoms with E-state index in [0.29, 0.717) is 0 Å². The van der Waals surface area contributed by atoms with E-state index in [0.717, 1.165) is 48.9 Å². The van der Waals surface area contributed by atoms with Gasteiger partial charge in [-0.25, -0.2) is 0 Å². The lowest BCUT2D eigenvalue weighted by molar-refractivity contribution is 0.142. The Morgan fingerprint density at radius 3 is 2.08 bits per heavy atom. The molecule has 26 heavy (non-hydrogen) atoms. The molecule has 2 fully saturated rings. The minimum atomic E-state index is 0.782. The number of aromatic nitrogens is 1. The van der Waals surface area contributed by atoms with Crippen LogP contribution in [0.5, 0.6) is 5.75 Å². The minimum Gasteiger partial charge on any atom is -0.492 e. The molecule has 2 nitrogen and oxygen atoms in total. The highest BCUT2D eigenvalue weighted by Gasteiger charge is 2.30. The Kier molecular flexibility index (Phi) is 7.83. The van der Waals surface area contributed by atoms with Crippen molar-refractivity contribution < 1.29 is 4.74 Å². The predicted octanol–water partition coefficient (Wildman–Crippen LogP) is 6.83. The summed E-state index contributed by atoms with van der Waals surface area (Å²) in [5, 5.41) is 0. The number of hydrogen-bond acceptors (Lipinski definition) is 2. The fourth-order valence-corrected chi connectivity index (χ4v) is 5.23. The van der Waals surface area contributed by atoms with Crippen LogP contribution in [0.3, 0.4) is 0 Å². The topological polar surface area (TPSA) is 22.1 Å². The van der Waals surface area contributed by atoms with E-state index in [2.05, 4.69) is 31.0 Å². The maximum atomic E-state index is 5.63. The van der Waals surface area contributed by atoms with Gasteiger partial charge in [-0.3, -0.25) is 4.98 Å². The van der Waals surface area contributed by atoms with Gasteiger partial charge in [0.15, 0.2) is 0 Å². The summed E-state index contributed by atoms with van der Waals surface area (Å²) in [6.07, 6.45) is 18.7. The summed E-state index contributed by atoms with van der Waals surface area (Å²) in [6, 6.07) is 4.24. The van der Waals surface area contributed by atoms with Crippen molar-refractivity contribution in [3.05, 3.63) is 24.0 Å². The van der Waals surface area contributed by atoms with Crippen LogP contribution in [-0.2, 0) is 6.42 Å². The fraction of sp³-hybridized carbons (Fsp3) is 0.792. The van der Waals surface area contributed by atoms with Crippen LogP contribution in [0.15, 0.2) is 18.3 Å². The fourth-order valence-electron chi connectivity index (χ4n) is 5.23. The highest BCUT2D eigenvalue weighted by Crippen LogP contribution is 2.42. The van der Waals surface area contributed by atoms with Crippen LogP contribution < -0.4 is 4.74 Å². The van der Waals surface area contributed by atoms with Gasteiger partial charge >= 0.3 is 0 Å². The number of nitrogens with zero attached hydrogens (tertiary/aromatic N) is 1. The molecule has 0 saturated heterocycles. The Balaban J connectivity index is 1.35. The molecule has 2 saturated carbocycles. The standard InChI is InChI=1S/C24H39NO/c1-3-17-26-24-16-15-23(25-18-24)14-9-20-7-12-22(13-8-20)21-10-5-19(4-2)6-11-21/h15-16,18-22H,3-14,17H2,1-2H3/t19-,20-,21-,22-. The summed E-state index contributed by atoms with van der Waals surface area (Å²) in [6.45, 7) is 5.29. The van der Waals surface area contributed by atoms with E-state index in [1.165, 1.54) is 69.9 Å². The summed E-state index contributed by atoms with van der Waals surface area (Å²) < 4.78 is 5.63. The lowest BCUT2D eigenvalue weighted by Gasteiger charge is -2.37. The third-order valence-corrected chi connectivity index (χ3v) is 7.11. The zero-order chi connectivity index (χ0) is 18.2. The van der Waals surface area contributed by atoms with E-state index in [4.69, 9.17) is 4.74 Å². The first kappa shape index (κ1) is 19.7. The molecule has 0 amide bonds. The number of aryl methyl sites for hydroxylation is 1. The summed E-state index contributed by atoms with van der Waals surface area (Å²) >= 11 is 0. The zero-order valence-electron chi connectivity index (χ0n) is 17.1. The van der Waals surface area contributed by atoms with Crippen LogP contribution in [0.25, 0.3) is 0 Å². The average Bonchev–Trinajstić information content (AvgIpc) is 2.72. The van der Waals surface area contributed by atoms with Gasteiger partial charge in [-0.2, -0.15) is 0 Å². The molecule has 1 heterocycles. The molecule has 2 heteroatoms. The second kappa shape index (κ2) is 10.3. The van der Waals surface area contributed by atoms with Crippen LogP contribution in [-0.4, -0.2) is 11.6 Å². The predicted molar refractivity (Wildman–Crippen MR) is 110 cm³/mol. The normalized spacial score (nSPS) is 29.5. The van der Waals surface area contributed by atoms with Crippen LogP contribution in [0.4, 0.5) is 0 Å². The molecule has 2 aliphatic rings. The van der Waals surface area contributed by atoms with Crippen molar-refractivity contribution in [3.8, 4) is 5.75 Å². The Labute approximate surface area is 161 Å². The first-order valence-electron chi connectivity index (χ1n) is 11.4. The van der Waals surface area contributed by atoms with Gasteiger partial charge in [0.1, 0.15) is 5.75 Å². The van der Waals surface area contributed by atoms with E-state index in [1.807, 2.05) is 6.20 Å². The molecule has 0 aliphatic heterocycles. The molecule has 0 unspecified atom stereocenters. The molecule has 2 aliphatic carbocycles. The molecule has 0 N–H and O–H groups in total. The largest absolute Gasteiger partial charge is 0.492 e. The lowest BCUT2D eigenvalue weighted by atomic mass is 9.68. The Morgan fingerprint density at radius 1 is 0.885 bits per heavy atom. The van der Waals surface area contributed by atoms with Crippen molar-refractivity contribution in [2.24, 2.45) is 23.7 Å².